The fourth-order valence-electron chi connectivity index (χ4n) is 11.0. The summed E-state index contributed by atoms with van der Waals surface area (Å²) in [4.78, 5) is 106. The number of unbranched alkanes of at least 4 members (excludes halogenated alkanes) is 3. The van der Waals surface area contributed by atoms with Crippen LogP contribution in [0.3, 0.4) is 0 Å². The second kappa shape index (κ2) is 59.5. The molecule has 0 amide bonds. The molecule has 0 fully saturated rings. The molecule has 0 radical (unpaired) electrons. The third kappa shape index (κ3) is 46.4. The molecule has 8 aromatic carbocycles. The number of esters is 9. The number of ether oxygens (including phenoxy) is 13. The first kappa shape index (κ1) is 119. The maximum absolute atomic E-state index is 13.3. The van der Waals surface area contributed by atoms with Gasteiger partial charge in [0.25, 0.3) is 0 Å². The van der Waals surface area contributed by atoms with E-state index < -0.39 is 148 Å². The van der Waals surface area contributed by atoms with Gasteiger partial charge in [0.2, 0.25) is 0 Å². The quantitative estimate of drug-likeness (QED) is 0.00855. The summed E-state index contributed by atoms with van der Waals surface area (Å²) in [6.45, 7) is 7.39. The van der Waals surface area contributed by atoms with Gasteiger partial charge < -0.3 is 61.6 Å². The molecule has 0 saturated heterocycles. The second-order valence-electron chi connectivity index (χ2n) is 30.3. The summed E-state index contributed by atoms with van der Waals surface area (Å²) >= 11 is 0. The molecule has 0 spiro atoms. The highest BCUT2D eigenvalue weighted by molar-refractivity contribution is 5.94. The van der Waals surface area contributed by atoms with Gasteiger partial charge in [-0.25, -0.2) is 38.4 Å². The van der Waals surface area contributed by atoms with E-state index in [9.17, 15) is 131 Å². The summed E-state index contributed by atoms with van der Waals surface area (Å²) in [5.74, 6) is -23.9. The number of hydrogen-bond donors (Lipinski definition) is 0. The molecule has 8 rings (SSSR count). The Morgan fingerprint density at radius 3 is 0.671 bits per heavy atom. The van der Waals surface area contributed by atoms with Gasteiger partial charge in [0.05, 0.1) is 81.7 Å². The molecule has 776 valence electrons. The number of hydrogen-bond acceptors (Lipinski definition) is 22. The molecule has 0 bridgehead atoms. The predicted octanol–water partition coefficient (Wildman–Crippen LogP) is 25.6. The number of benzene rings is 8. The van der Waals surface area contributed by atoms with Gasteiger partial charge in [-0.1, -0.05) is 69.3 Å². The van der Waals surface area contributed by atoms with E-state index in [1.807, 2.05) is 20.8 Å². The molecule has 0 saturated carbocycles. The molecule has 0 aliphatic carbocycles. The Bertz CT molecular complexity index is 5370. The number of carbonyl (C=O) groups is 9. The fourth-order valence-corrected chi connectivity index (χ4v) is 11.0. The van der Waals surface area contributed by atoms with Gasteiger partial charge in [-0.2, -0.15) is 87.8 Å². The van der Waals surface area contributed by atoms with Crippen LogP contribution in [0.25, 0.3) is 24.3 Å². The lowest BCUT2D eigenvalue weighted by molar-refractivity contribution is -0.355. The summed E-state index contributed by atoms with van der Waals surface area (Å²) in [6.07, 6.45) is -12.3. The molecule has 143 heavy (non-hydrogen) atoms. The van der Waals surface area contributed by atoms with E-state index in [1.54, 1.807) is 91.0 Å². The lowest BCUT2D eigenvalue weighted by Gasteiger charge is -2.28. The van der Waals surface area contributed by atoms with E-state index >= 15 is 0 Å². The minimum Gasteiger partial charge on any atom is -0.494 e. The van der Waals surface area contributed by atoms with Crippen molar-refractivity contribution in [2.24, 2.45) is 0 Å². The maximum Gasteiger partial charge on any atom is 0.459 e. The number of alkyl halides is 20. The molecular weight excluding hydrogens is 1950 g/mol. The number of halogens is 20. The first-order valence-corrected chi connectivity index (χ1v) is 43.9. The van der Waals surface area contributed by atoms with Crippen molar-refractivity contribution in [1.29, 1.82) is 0 Å². The molecule has 0 aliphatic rings. The van der Waals surface area contributed by atoms with E-state index in [0.717, 1.165) is 37.7 Å². The molecule has 42 heteroatoms. The normalized spacial score (nSPS) is 11.9. The average molecular weight is 2050 g/mol. The van der Waals surface area contributed by atoms with Crippen molar-refractivity contribution in [1.82, 2.24) is 0 Å². The highest BCUT2D eigenvalue weighted by Crippen LogP contribution is 2.49. The van der Waals surface area contributed by atoms with Crippen LogP contribution in [0.15, 0.2) is 218 Å². The summed E-state index contributed by atoms with van der Waals surface area (Å²) in [7, 11) is 0. The van der Waals surface area contributed by atoms with Gasteiger partial charge in [0.1, 0.15) is 46.0 Å². The van der Waals surface area contributed by atoms with E-state index in [2.05, 4.69) is 0 Å². The van der Waals surface area contributed by atoms with Crippen LogP contribution in [-0.4, -0.2) is 162 Å². The summed E-state index contributed by atoms with van der Waals surface area (Å²) in [5, 5.41) is 0. The maximum atomic E-state index is 13.3. The van der Waals surface area contributed by atoms with Crippen LogP contribution in [0.1, 0.15) is 188 Å². The molecule has 0 heterocycles. The molecule has 0 aliphatic heterocycles. The number of carbonyl (C=O) groups excluding carboxylic acids is 9. The summed E-state index contributed by atoms with van der Waals surface area (Å²) in [6, 6.07) is 47.6. The van der Waals surface area contributed by atoms with Crippen LogP contribution in [-0.2, 0) is 47.7 Å². The Kier molecular flexibility index (Phi) is 49.6. The lowest BCUT2D eigenvalue weighted by Crippen LogP contribution is -2.51. The smallest absolute Gasteiger partial charge is 0.459 e. The molecule has 8 aromatic rings. The molecule has 0 unspecified atom stereocenters. The Morgan fingerprint density at radius 2 is 0.455 bits per heavy atom. The minimum absolute atomic E-state index is 0.0690. The van der Waals surface area contributed by atoms with Crippen LogP contribution in [0.4, 0.5) is 87.8 Å². The zero-order chi connectivity index (χ0) is 106. The average Bonchev–Trinajstić information content (AvgIpc) is 0.776. The third-order valence-electron chi connectivity index (χ3n) is 18.5. The molecule has 0 aromatic heterocycles. The van der Waals surface area contributed by atoms with Crippen molar-refractivity contribution in [3.8, 4) is 46.0 Å². The zero-order valence-electron chi connectivity index (χ0n) is 77.1. The van der Waals surface area contributed by atoms with Gasteiger partial charge in [-0.15, -0.1) is 0 Å². The van der Waals surface area contributed by atoms with Gasteiger partial charge in [0.15, 0.2) is 0 Å². The Morgan fingerprint density at radius 1 is 0.238 bits per heavy atom. The van der Waals surface area contributed by atoms with Crippen LogP contribution < -0.4 is 37.9 Å². The van der Waals surface area contributed by atoms with Crippen molar-refractivity contribution in [2.75, 3.05) is 59.5 Å². The van der Waals surface area contributed by atoms with Crippen LogP contribution in [0, 0.1) is 0 Å². The fraction of sp³-hybridized carbons (Fsp3) is 0.356. The van der Waals surface area contributed by atoms with E-state index in [4.69, 9.17) is 61.6 Å². The van der Waals surface area contributed by atoms with Crippen molar-refractivity contribution in [2.45, 2.75) is 172 Å². The van der Waals surface area contributed by atoms with Crippen LogP contribution in [0.2, 0.25) is 0 Å². The highest BCUT2D eigenvalue weighted by atomic mass is 19.4. The molecule has 0 N–H and O–H groups in total. The summed E-state index contributed by atoms with van der Waals surface area (Å²) < 4.78 is 316. The first-order chi connectivity index (χ1) is 67.4. The van der Waals surface area contributed by atoms with E-state index in [1.165, 1.54) is 159 Å². The van der Waals surface area contributed by atoms with Crippen LogP contribution >= 0.6 is 0 Å². The minimum atomic E-state index is -6.37. The SMILES string of the molecule is CC(=O)OCCCCCCOC(=O)/C=C/c1ccc(OC(=O)c2ccc(OCCCC(F)(F)C(F)(F)F)cc2)cc1.CCCOC(=O)/C=C/c1ccc(OC(=O)c2ccc(OCCCC(F)(F)C(F)(F)C(F)(F)F)cc2)cc1.CCCOC(=O)/C=C/c1ccc(OC(=O)c2ccc(OCCCC(F)(F)C(F)(F)F)cc2)cc1.CCCOC(=O)/C=C/c1ccc(OC(=O)c2ccc(OCCCC(F)(F)F)cc2)cc1. The van der Waals surface area contributed by atoms with Gasteiger partial charge in [0, 0.05) is 56.9 Å². The van der Waals surface area contributed by atoms with Gasteiger partial charge in [-0.3, -0.25) is 4.79 Å². The van der Waals surface area contributed by atoms with E-state index in [0.29, 0.717) is 67.5 Å². The second-order valence-corrected chi connectivity index (χ2v) is 30.3. The first-order valence-electron chi connectivity index (χ1n) is 43.9. The van der Waals surface area contributed by atoms with E-state index in [-0.39, 0.29) is 95.6 Å². The zero-order valence-corrected chi connectivity index (χ0v) is 77.1. The Hall–Kier alpha value is -14.3. The highest BCUT2D eigenvalue weighted by Gasteiger charge is 2.72. The standard InChI is InChI=1S/C29H31F5O7.C25H23F7O5.C24H23F5O5.C23H23F3O5/c1-21(35)38-18-4-2-3-5-19-40-26(36)16-9-22-7-12-25(13-8-22)41-27(37)23-10-14-24(15-11-23)39-20-6-17-28(30,31)29(32,33)34;1-2-15-36-21(33)13-6-17-4-9-20(10-5-17)37-22(34)18-7-11-19(12-8-18)35-16-3-14-23(26,27)24(28,29)25(30,31)32;1-2-15-33-21(30)13-6-17-4-9-20(10-5-17)34-22(31)18-7-11-19(12-8-18)32-16-3-14-23(25,26)24(27,28)29;1-2-15-30-21(27)13-6-17-4-9-20(10-5-17)31-22(28)18-7-11-19(12-8-18)29-16-3-14-23(24,25)26/h7-16H,2-6,17-20H2,1H3;4-13H,2-3,14-16H2,1H3;4-13H,2-3,14-16H2,1H3;4-13H,2-3,14-16H2,1H3/b16-9+;3*13-6+. The van der Waals surface area contributed by atoms with Gasteiger partial charge >= 0.3 is 102 Å². The predicted molar refractivity (Wildman–Crippen MR) is 480 cm³/mol. The van der Waals surface area contributed by atoms with Crippen molar-refractivity contribution >= 4 is 78.0 Å². The largest absolute Gasteiger partial charge is 0.494 e. The van der Waals surface area contributed by atoms with Crippen LogP contribution in [0.5, 0.6) is 46.0 Å². The van der Waals surface area contributed by atoms with Crippen molar-refractivity contribution in [3.63, 3.8) is 0 Å². The molecule has 0 atom stereocenters. The molecular formula is C101H100F20O22. The van der Waals surface area contributed by atoms with Gasteiger partial charge in [-0.05, 0) is 263 Å². The number of rotatable bonds is 49. The van der Waals surface area contributed by atoms with Crippen molar-refractivity contribution < 1.29 is 193 Å². The summed E-state index contributed by atoms with van der Waals surface area (Å²) in [5.41, 5.74) is 3.48. The third-order valence-corrected chi connectivity index (χ3v) is 18.5. The molecule has 22 nitrogen and oxygen atoms in total. The Balaban J connectivity index is 0.000000337. The monoisotopic (exact) mass is 2040 g/mol. The topological polar surface area (TPSA) is 274 Å². The van der Waals surface area contributed by atoms with Crippen molar-refractivity contribution in [3.05, 3.63) is 263 Å². The lowest BCUT2D eigenvalue weighted by atomic mass is 10.1. The Labute approximate surface area is 808 Å².